The first-order valence-electron chi connectivity index (χ1n) is 8.99. The van der Waals surface area contributed by atoms with Crippen LogP contribution in [0.25, 0.3) is 0 Å². The molecule has 0 aliphatic carbocycles. The number of nitrogens with zero attached hydrogens (tertiary/aromatic N) is 1. The molecular formula is C21H28N2O3. The van der Waals surface area contributed by atoms with Gasteiger partial charge in [-0.1, -0.05) is 0 Å². The van der Waals surface area contributed by atoms with Crippen LogP contribution < -0.4 is 19.7 Å². The van der Waals surface area contributed by atoms with Crippen molar-refractivity contribution in [2.75, 3.05) is 30.5 Å². The summed E-state index contributed by atoms with van der Waals surface area (Å²) in [7, 11) is 1.56. The van der Waals surface area contributed by atoms with Crippen LogP contribution >= 0.6 is 0 Å². The summed E-state index contributed by atoms with van der Waals surface area (Å²) in [4.78, 5) is 14.8. The van der Waals surface area contributed by atoms with Crippen LogP contribution in [0.15, 0.2) is 42.5 Å². The molecule has 0 unspecified atom stereocenters. The number of carbonyl (C=O) groups excluding carboxylic acids is 1. The molecule has 1 amide bonds. The van der Waals surface area contributed by atoms with Crippen LogP contribution in [0.2, 0.25) is 0 Å². The lowest BCUT2D eigenvalue weighted by molar-refractivity contribution is 0.102. The molecule has 0 atom stereocenters. The van der Waals surface area contributed by atoms with Gasteiger partial charge in [0.2, 0.25) is 0 Å². The van der Waals surface area contributed by atoms with E-state index in [1.54, 1.807) is 25.3 Å². The van der Waals surface area contributed by atoms with Crippen molar-refractivity contribution >= 4 is 17.3 Å². The maximum atomic E-state index is 12.5. The molecule has 0 fully saturated rings. The van der Waals surface area contributed by atoms with Gasteiger partial charge in [0.05, 0.1) is 13.7 Å². The zero-order chi connectivity index (χ0) is 19.1. The summed E-state index contributed by atoms with van der Waals surface area (Å²) in [5.41, 5.74) is 2.42. The Morgan fingerprint density at radius 1 is 1.08 bits per heavy atom. The van der Waals surface area contributed by atoms with Crippen molar-refractivity contribution in [2.24, 2.45) is 0 Å². The van der Waals surface area contributed by atoms with Gasteiger partial charge in [0, 0.05) is 29.5 Å². The average Bonchev–Trinajstić information content (AvgIpc) is 2.64. The van der Waals surface area contributed by atoms with Crippen molar-refractivity contribution in [1.82, 2.24) is 0 Å². The van der Waals surface area contributed by atoms with E-state index in [0.29, 0.717) is 29.7 Å². The monoisotopic (exact) mass is 356 g/mol. The summed E-state index contributed by atoms with van der Waals surface area (Å²) in [5.74, 6) is 0.991. The summed E-state index contributed by atoms with van der Waals surface area (Å²) in [6, 6.07) is 13.5. The van der Waals surface area contributed by atoms with Crippen LogP contribution in [0.1, 0.15) is 38.1 Å². The summed E-state index contributed by atoms with van der Waals surface area (Å²) in [6.45, 7) is 9.85. The SMILES string of the molecule is CCOc1ccc(C(=O)Nc2ccc(N(CC)C(C)C)cc2)cc1OC. The largest absolute Gasteiger partial charge is 0.493 e. The van der Waals surface area contributed by atoms with Gasteiger partial charge in [0.1, 0.15) is 0 Å². The van der Waals surface area contributed by atoms with Crippen molar-refractivity contribution in [3.05, 3.63) is 48.0 Å². The molecule has 0 aliphatic rings. The lowest BCUT2D eigenvalue weighted by atomic mass is 10.1. The number of benzene rings is 2. The first kappa shape index (κ1) is 19.6. The lowest BCUT2D eigenvalue weighted by Crippen LogP contribution is -2.30. The number of methoxy groups -OCH3 is 1. The minimum absolute atomic E-state index is 0.185. The first-order chi connectivity index (χ1) is 12.5. The van der Waals surface area contributed by atoms with E-state index in [-0.39, 0.29) is 5.91 Å². The van der Waals surface area contributed by atoms with Gasteiger partial charge in [-0.15, -0.1) is 0 Å². The average molecular weight is 356 g/mol. The number of anilines is 2. The third-order valence-electron chi connectivity index (χ3n) is 4.15. The van der Waals surface area contributed by atoms with E-state index in [4.69, 9.17) is 9.47 Å². The molecular weight excluding hydrogens is 328 g/mol. The van der Waals surface area contributed by atoms with Crippen LogP contribution in [0.5, 0.6) is 11.5 Å². The zero-order valence-corrected chi connectivity index (χ0v) is 16.2. The third-order valence-corrected chi connectivity index (χ3v) is 4.15. The number of carbonyl (C=O) groups is 1. The summed E-state index contributed by atoms with van der Waals surface area (Å²) >= 11 is 0. The molecule has 0 aromatic heterocycles. The van der Waals surface area contributed by atoms with Gasteiger partial charge in [0.25, 0.3) is 5.91 Å². The van der Waals surface area contributed by atoms with E-state index in [1.165, 1.54) is 0 Å². The Balaban J connectivity index is 2.12. The summed E-state index contributed by atoms with van der Waals surface area (Å²) < 4.78 is 10.8. The van der Waals surface area contributed by atoms with Gasteiger partial charge in [-0.25, -0.2) is 0 Å². The van der Waals surface area contributed by atoms with Crippen LogP contribution in [-0.2, 0) is 0 Å². The van der Waals surface area contributed by atoms with Gasteiger partial charge in [-0.2, -0.15) is 0 Å². The Kier molecular flexibility index (Phi) is 6.89. The van der Waals surface area contributed by atoms with Crippen LogP contribution in [0.4, 0.5) is 11.4 Å². The van der Waals surface area contributed by atoms with Gasteiger partial charge >= 0.3 is 0 Å². The van der Waals surface area contributed by atoms with Crippen molar-refractivity contribution in [2.45, 2.75) is 33.7 Å². The summed E-state index contributed by atoms with van der Waals surface area (Å²) in [6.07, 6.45) is 0. The number of hydrogen-bond donors (Lipinski definition) is 1. The molecule has 0 spiro atoms. The second kappa shape index (κ2) is 9.13. The maximum absolute atomic E-state index is 12.5. The molecule has 2 rings (SSSR count). The van der Waals surface area contributed by atoms with Crippen LogP contribution in [-0.4, -0.2) is 32.2 Å². The maximum Gasteiger partial charge on any atom is 0.255 e. The minimum atomic E-state index is -0.185. The third kappa shape index (κ3) is 4.69. The van der Waals surface area contributed by atoms with Crippen molar-refractivity contribution in [3.63, 3.8) is 0 Å². The Bertz CT molecular complexity index is 727. The molecule has 0 aliphatic heterocycles. The Morgan fingerprint density at radius 3 is 2.31 bits per heavy atom. The Hall–Kier alpha value is -2.69. The molecule has 0 heterocycles. The number of amides is 1. The highest BCUT2D eigenvalue weighted by Gasteiger charge is 2.12. The highest BCUT2D eigenvalue weighted by Crippen LogP contribution is 2.28. The van der Waals surface area contributed by atoms with Gasteiger partial charge < -0.3 is 19.7 Å². The van der Waals surface area contributed by atoms with Crippen molar-refractivity contribution < 1.29 is 14.3 Å². The second-order valence-electron chi connectivity index (χ2n) is 6.18. The fraction of sp³-hybridized carbons (Fsp3) is 0.381. The normalized spacial score (nSPS) is 10.5. The highest BCUT2D eigenvalue weighted by atomic mass is 16.5. The van der Waals surface area contributed by atoms with Crippen molar-refractivity contribution in [1.29, 1.82) is 0 Å². The van der Waals surface area contributed by atoms with Gasteiger partial charge in [-0.05, 0) is 70.2 Å². The molecule has 5 nitrogen and oxygen atoms in total. The number of ether oxygens (including phenoxy) is 2. The molecule has 0 saturated heterocycles. The Morgan fingerprint density at radius 2 is 1.77 bits per heavy atom. The molecule has 0 saturated carbocycles. The van der Waals surface area contributed by atoms with E-state index < -0.39 is 0 Å². The smallest absolute Gasteiger partial charge is 0.255 e. The summed E-state index contributed by atoms with van der Waals surface area (Å²) in [5, 5.41) is 2.92. The lowest BCUT2D eigenvalue weighted by Gasteiger charge is -2.27. The highest BCUT2D eigenvalue weighted by molar-refractivity contribution is 6.04. The predicted molar refractivity (Wildman–Crippen MR) is 107 cm³/mol. The van der Waals surface area contributed by atoms with E-state index in [2.05, 4.69) is 31.0 Å². The van der Waals surface area contributed by atoms with Crippen LogP contribution in [0.3, 0.4) is 0 Å². The van der Waals surface area contributed by atoms with E-state index in [0.717, 1.165) is 17.9 Å². The fourth-order valence-electron chi connectivity index (χ4n) is 2.87. The molecule has 2 aromatic rings. The molecule has 26 heavy (non-hydrogen) atoms. The van der Waals surface area contributed by atoms with Crippen molar-refractivity contribution in [3.8, 4) is 11.5 Å². The number of nitrogens with one attached hydrogen (secondary N) is 1. The molecule has 0 radical (unpaired) electrons. The number of rotatable bonds is 8. The van der Waals surface area contributed by atoms with E-state index in [9.17, 15) is 4.79 Å². The molecule has 5 heteroatoms. The molecule has 2 aromatic carbocycles. The first-order valence-corrected chi connectivity index (χ1v) is 8.99. The second-order valence-corrected chi connectivity index (χ2v) is 6.18. The quantitative estimate of drug-likeness (QED) is 0.752. The molecule has 0 bridgehead atoms. The minimum Gasteiger partial charge on any atom is -0.493 e. The predicted octanol–water partition coefficient (Wildman–Crippen LogP) is 4.58. The van der Waals surface area contributed by atoms with E-state index >= 15 is 0 Å². The Labute approximate surface area is 155 Å². The fourth-order valence-corrected chi connectivity index (χ4v) is 2.87. The molecule has 1 N–H and O–H groups in total. The van der Waals surface area contributed by atoms with Crippen LogP contribution in [0, 0.1) is 0 Å². The van der Waals surface area contributed by atoms with Gasteiger partial charge in [-0.3, -0.25) is 4.79 Å². The van der Waals surface area contributed by atoms with Gasteiger partial charge in [0.15, 0.2) is 11.5 Å². The topological polar surface area (TPSA) is 50.8 Å². The molecule has 140 valence electrons. The zero-order valence-electron chi connectivity index (χ0n) is 16.2. The standard InChI is InChI=1S/C21H28N2O3/c1-6-23(15(3)4)18-11-9-17(10-12-18)22-21(24)16-8-13-19(26-7-2)20(14-16)25-5/h8-15H,6-7H2,1-5H3,(H,22,24). The number of hydrogen-bond acceptors (Lipinski definition) is 4. The van der Waals surface area contributed by atoms with E-state index in [1.807, 2.05) is 31.2 Å².